The van der Waals surface area contributed by atoms with Crippen LogP contribution in [0.5, 0.6) is 0 Å². The van der Waals surface area contributed by atoms with Crippen molar-refractivity contribution < 1.29 is 4.79 Å². The van der Waals surface area contributed by atoms with Gasteiger partial charge in [0, 0.05) is 5.02 Å². The van der Waals surface area contributed by atoms with E-state index >= 15 is 0 Å². The average molecular weight is 226 g/mol. The first-order chi connectivity index (χ1) is 5.61. The minimum atomic E-state index is 0.250. The van der Waals surface area contributed by atoms with Crippen LogP contribution in [0.2, 0.25) is 15.1 Å². The Kier molecular flexibility index (Phi) is 5.89. The topological polar surface area (TPSA) is 43.1 Å². The molecule has 5 heteroatoms. The van der Waals surface area contributed by atoms with Crippen molar-refractivity contribution in [2.24, 2.45) is 5.73 Å². The fourth-order valence-electron chi connectivity index (χ4n) is 0.470. The van der Waals surface area contributed by atoms with Crippen molar-refractivity contribution in [1.82, 2.24) is 0 Å². The molecule has 12 heavy (non-hydrogen) atoms. The molecule has 66 valence electrons. The predicted molar refractivity (Wildman–Crippen MR) is 51.7 cm³/mol. The second-order valence-electron chi connectivity index (χ2n) is 1.69. The molecule has 0 saturated carbocycles. The van der Waals surface area contributed by atoms with Gasteiger partial charge in [0.2, 0.25) is 6.41 Å². The maximum atomic E-state index is 8.58. The average Bonchev–Trinajstić information content (AvgIpc) is 1.99. The number of amides is 1. The molecule has 0 aromatic heterocycles. The lowest BCUT2D eigenvalue weighted by molar-refractivity contribution is -0.106. The van der Waals surface area contributed by atoms with Crippen LogP contribution in [0, 0.1) is 0 Å². The molecule has 0 aliphatic carbocycles. The molecule has 1 rings (SSSR count). The third-order valence-corrected chi connectivity index (χ3v) is 1.86. The molecule has 0 radical (unpaired) electrons. The minimum absolute atomic E-state index is 0.250. The van der Waals surface area contributed by atoms with E-state index in [4.69, 9.17) is 39.6 Å². The zero-order chi connectivity index (χ0) is 9.56. The van der Waals surface area contributed by atoms with Crippen LogP contribution in [0.1, 0.15) is 0 Å². The van der Waals surface area contributed by atoms with E-state index in [1.54, 1.807) is 18.2 Å². The maximum Gasteiger partial charge on any atom is 0.204 e. The summed E-state index contributed by atoms with van der Waals surface area (Å²) in [4.78, 5) is 8.58. The maximum absolute atomic E-state index is 8.58. The van der Waals surface area contributed by atoms with Crippen LogP contribution >= 0.6 is 34.8 Å². The van der Waals surface area contributed by atoms with Crippen LogP contribution in [0.25, 0.3) is 0 Å². The molecule has 1 amide bonds. The van der Waals surface area contributed by atoms with Gasteiger partial charge in [-0.1, -0.05) is 34.8 Å². The van der Waals surface area contributed by atoms with Gasteiger partial charge < -0.3 is 5.73 Å². The molecule has 0 unspecified atom stereocenters. The van der Waals surface area contributed by atoms with Crippen LogP contribution in [0.15, 0.2) is 18.2 Å². The highest BCUT2D eigenvalue weighted by Crippen LogP contribution is 2.24. The number of primary amides is 1. The normalized spacial score (nSPS) is 8.25. The van der Waals surface area contributed by atoms with Gasteiger partial charge in [-0.05, 0) is 18.2 Å². The Hall–Kier alpha value is -0.440. The highest BCUT2D eigenvalue weighted by atomic mass is 35.5. The van der Waals surface area contributed by atoms with Gasteiger partial charge in [0.1, 0.15) is 0 Å². The number of halogens is 3. The standard InChI is InChI=1S/C6H3Cl3.CH3NO/c7-4-1-2-5(8)6(9)3-4;2-1-3/h1-3H;1H,(H2,2,3). The summed E-state index contributed by atoms with van der Waals surface area (Å²) < 4.78 is 0. The van der Waals surface area contributed by atoms with Crippen LogP contribution in [-0.2, 0) is 4.79 Å². The van der Waals surface area contributed by atoms with Crippen molar-refractivity contribution in [3.05, 3.63) is 33.3 Å². The second-order valence-corrected chi connectivity index (χ2v) is 2.95. The van der Waals surface area contributed by atoms with E-state index in [1.807, 2.05) is 0 Å². The number of carbonyl (C=O) groups is 1. The van der Waals surface area contributed by atoms with E-state index < -0.39 is 0 Å². The lowest BCUT2D eigenvalue weighted by atomic mass is 10.4. The molecular weight excluding hydrogens is 220 g/mol. The Labute approximate surface area is 85.2 Å². The first-order valence-corrected chi connectivity index (χ1v) is 4.01. The summed E-state index contributed by atoms with van der Waals surface area (Å²) in [5, 5.41) is 1.62. The van der Waals surface area contributed by atoms with Crippen molar-refractivity contribution in [3.63, 3.8) is 0 Å². The van der Waals surface area contributed by atoms with Crippen molar-refractivity contribution in [2.75, 3.05) is 0 Å². The first-order valence-electron chi connectivity index (χ1n) is 2.87. The van der Waals surface area contributed by atoms with Gasteiger partial charge in [-0.15, -0.1) is 0 Å². The van der Waals surface area contributed by atoms with Crippen molar-refractivity contribution >= 4 is 41.2 Å². The largest absolute Gasteiger partial charge is 0.372 e. The number of carbonyl (C=O) groups excluding carboxylic acids is 1. The summed E-state index contributed by atoms with van der Waals surface area (Å²) in [6, 6.07) is 4.95. The third-order valence-electron chi connectivity index (χ3n) is 0.882. The van der Waals surface area contributed by atoms with Gasteiger partial charge in [-0.3, -0.25) is 4.79 Å². The number of benzene rings is 1. The Morgan fingerprint density at radius 1 is 1.17 bits per heavy atom. The van der Waals surface area contributed by atoms with Gasteiger partial charge >= 0.3 is 0 Å². The van der Waals surface area contributed by atoms with Gasteiger partial charge in [0.15, 0.2) is 0 Å². The number of rotatable bonds is 0. The lowest BCUT2D eigenvalue weighted by Crippen LogP contribution is -1.82. The molecule has 2 nitrogen and oxygen atoms in total. The van der Waals surface area contributed by atoms with Gasteiger partial charge in [-0.25, -0.2) is 0 Å². The van der Waals surface area contributed by atoms with Crippen molar-refractivity contribution in [3.8, 4) is 0 Å². The van der Waals surface area contributed by atoms with E-state index in [0.29, 0.717) is 15.1 Å². The van der Waals surface area contributed by atoms with Crippen LogP contribution in [0.3, 0.4) is 0 Å². The summed E-state index contributed by atoms with van der Waals surface area (Å²) >= 11 is 16.8. The molecule has 1 aromatic rings. The second kappa shape index (κ2) is 6.12. The number of hydrogen-bond donors (Lipinski definition) is 1. The molecule has 0 aliphatic heterocycles. The summed E-state index contributed by atoms with van der Waals surface area (Å²) in [5.74, 6) is 0. The van der Waals surface area contributed by atoms with Gasteiger partial charge in [-0.2, -0.15) is 0 Å². The molecule has 0 bridgehead atoms. The van der Waals surface area contributed by atoms with Gasteiger partial charge in [0.25, 0.3) is 0 Å². The summed E-state index contributed by atoms with van der Waals surface area (Å²) in [6.07, 6.45) is 0.250. The van der Waals surface area contributed by atoms with Crippen molar-refractivity contribution in [1.29, 1.82) is 0 Å². The van der Waals surface area contributed by atoms with E-state index in [0.717, 1.165) is 0 Å². The van der Waals surface area contributed by atoms with E-state index in [9.17, 15) is 0 Å². The SMILES string of the molecule is Clc1ccc(Cl)c(Cl)c1.NC=O. The Balaban J connectivity index is 0.000000354. The molecule has 2 N–H and O–H groups in total. The first kappa shape index (κ1) is 11.6. The molecule has 1 aromatic carbocycles. The van der Waals surface area contributed by atoms with Crippen LogP contribution < -0.4 is 5.73 Å². The van der Waals surface area contributed by atoms with E-state index in [1.165, 1.54) is 0 Å². The fraction of sp³-hybridized carbons (Fsp3) is 0. The molecule has 0 spiro atoms. The molecular formula is C7H6Cl3NO. The quantitative estimate of drug-likeness (QED) is 0.536. The molecule has 0 saturated heterocycles. The lowest BCUT2D eigenvalue weighted by Gasteiger charge is -1.92. The monoisotopic (exact) mass is 225 g/mol. The zero-order valence-corrected chi connectivity index (χ0v) is 8.20. The smallest absolute Gasteiger partial charge is 0.204 e. The summed E-state index contributed by atoms with van der Waals surface area (Å²) in [6.45, 7) is 0. The summed E-state index contributed by atoms with van der Waals surface area (Å²) in [7, 11) is 0. The molecule has 0 aliphatic rings. The highest BCUT2D eigenvalue weighted by Gasteiger charge is 1.94. The third kappa shape index (κ3) is 4.44. The molecule has 0 fully saturated rings. The Bertz CT molecular complexity index is 265. The minimum Gasteiger partial charge on any atom is -0.372 e. The molecule has 0 atom stereocenters. The van der Waals surface area contributed by atoms with E-state index in [-0.39, 0.29) is 6.41 Å². The Morgan fingerprint density at radius 3 is 2.00 bits per heavy atom. The van der Waals surface area contributed by atoms with Crippen molar-refractivity contribution in [2.45, 2.75) is 0 Å². The zero-order valence-electron chi connectivity index (χ0n) is 5.93. The highest BCUT2D eigenvalue weighted by molar-refractivity contribution is 6.43. The van der Waals surface area contributed by atoms with Crippen LogP contribution in [-0.4, -0.2) is 6.41 Å². The van der Waals surface area contributed by atoms with Gasteiger partial charge in [0.05, 0.1) is 10.0 Å². The fourth-order valence-corrected chi connectivity index (χ4v) is 0.997. The predicted octanol–water partition coefficient (Wildman–Crippen LogP) is 2.75. The number of hydrogen-bond acceptors (Lipinski definition) is 1. The van der Waals surface area contributed by atoms with Crippen LogP contribution in [0.4, 0.5) is 0 Å². The number of nitrogens with two attached hydrogens (primary N) is 1. The van der Waals surface area contributed by atoms with E-state index in [2.05, 4.69) is 5.73 Å². The molecule has 0 heterocycles. The summed E-state index contributed by atoms with van der Waals surface area (Å²) in [5.41, 5.74) is 4.17. The Morgan fingerprint density at radius 2 is 1.67 bits per heavy atom.